The van der Waals surface area contributed by atoms with Gasteiger partial charge in [0.2, 0.25) is 5.88 Å². The topological polar surface area (TPSA) is 73.1 Å². The standard InChI is InChI=1S/C7H9F3N4O/c1-4(7(8,9)10)15-6-3-12-2-5(13-6)14-11/h2-4H,11H2,1H3,(H,13,14). The summed E-state index contributed by atoms with van der Waals surface area (Å²) in [4.78, 5) is 7.22. The minimum Gasteiger partial charge on any atom is -0.464 e. The zero-order valence-electron chi connectivity index (χ0n) is 7.75. The van der Waals surface area contributed by atoms with E-state index >= 15 is 0 Å². The molecular formula is C7H9F3N4O. The number of nitrogens with zero attached hydrogens (tertiary/aromatic N) is 2. The highest BCUT2D eigenvalue weighted by atomic mass is 19.4. The number of aromatic nitrogens is 2. The minimum atomic E-state index is -4.44. The van der Waals surface area contributed by atoms with Gasteiger partial charge in [-0.25, -0.2) is 5.84 Å². The smallest absolute Gasteiger partial charge is 0.425 e. The SMILES string of the molecule is CC(Oc1cncc(NN)n1)C(F)(F)F. The van der Waals surface area contributed by atoms with Gasteiger partial charge < -0.3 is 10.2 Å². The fourth-order valence-corrected chi connectivity index (χ4v) is 0.722. The monoisotopic (exact) mass is 222 g/mol. The van der Waals surface area contributed by atoms with Gasteiger partial charge in [-0.15, -0.1) is 0 Å². The molecule has 1 unspecified atom stereocenters. The zero-order chi connectivity index (χ0) is 11.5. The van der Waals surface area contributed by atoms with E-state index in [0.717, 1.165) is 13.1 Å². The number of ether oxygens (including phenoxy) is 1. The van der Waals surface area contributed by atoms with Crippen molar-refractivity contribution in [2.75, 3.05) is 5.43 Å². The molecule has 0 aromatic carbocycles. The molecule has 15 heavy (non-hydrogen) atoms. The summed E-state index contributed by atoms with van der Waals surface area (Å²) in [5, 5.41) is 0. The summed E-state index contributed by atoms with van der Waals surface area (Å²) >= 11 is 0. The average Bonchev–Trinajstić information content (AvgIpc) is 2.16. The van der Waals surface area contributed by atoms with Crippen LogP contribution in [0, 0.1) is 0 Å². The summed E-state index contributed by atoms with van der Waals surface area (Å²) in [5.74, 6) is 4.89. The predicted octanol–water partition coefficient (Wildman–Crippen LogP) is 1.09. The lowest BCUT2D eigenvalue weighted by molar-refractivity contribution is -0.190. The highest BCUT2D eigenvalue weighted by Gasteiger charge is 2.38. The van der Waals surface area contributed by atoms with Crippen LogP contribution in [0.1, 0.15) is 6.92 Å². The second-order valence-corrected chi connectivity index (χ2v) is 2.69. The number of hydrogen-bond donors (Lipinski definition) is 2. The lowest BCUT2D eigenvalue weighted by atomic mass is 10.4. The lowest BCUT2D eigenvalue weighted by Gasteiger charge is -2.16. The molecule has 0 saturated heterocycles. The Labute approximate surface area is 83.4 Å². The van der Waals surface area contributed by atoms with Gasteiger partial charge >= 0.3 is 6.18 Å². The number of nitrogens with two attached hydrogens (primary N) is 1. The van der Waals surface area contributed by atoms with E-state index in [1.165, 1.54) is 6.20 Å². The van der Waals surface area contributed by atoms with Gasteiger partial charge in [-0.2, -0.15) is 18.2 Å². The van der Waals surface area contributed by atoms with E-state index in [-0.39, 0.29) is 11.7 Å². The average molecular weight is 222 g/mol. The molecule has 84 valence electrons. The third-order valence-electron chi connectivity index (χ3n) is 1.52. The van der Waals surface area contributed by atoms with E-state index in [9.17, 15) is 13.2 Å². The van der Waals surface area contributed by atoms with Crippen LogP contribution < -0.4 is 16.0 Å². The lowest BCUT2D eigenvalue weighted by Crippen LogP contribution is -2.31. The molecule has 0 fully saturated rings. The molecule has 0 saturated carbocycles. The summed E-state index contributed by atoms with van der Waals surface area (Å²) < 4.78 is 40.8. The van der Waals surface area contributed by atoms with Gasteiger partial charge in [0, 0.05) is 0 Å². The Hall–Kier alpha value is -1.57. The van der Waals surface area contributed by atoms with Crippen LogP contribution in [0.15, 0.2) is 12.4 Å². The molecule has 1 atom stereocenters. The third-order valence-corrected chi connectivity index (χ3v) is 1.52. The number of nitrogen functional groups attached to an aromatic ring is 1. The fraction of sp³-hybridized carbons (Fsp3) is 0.429. The van der Waals surface area contributed by atoms with Crippen LogP contribution in [0.3, 0.4) is 0 Å². The Bertz CT molecular complexity index is 330. The second-order valence-electron chi connectivity index (χ2n) is 2.69. The van der Waals surface area contributed by atoms with E-state index in [1.807, 2.05) is 0 Å². The molecule has 0 aliphatic heterocycles. The maximum Gasteiger partial charge on any atom is 0.425 e. The molecule has 1 rings (SSSR count). The van der Waals surface area contributed by atoms with Crippen molar-refractivity contribution in [3.63, 3.8) is 0 Å². The number of hydrogen-bond acceptors (Lipinski definition) is 5. The van der Waals surface area contributed by atoms with Crippen LogP contribution in [-0.2, 0) is 0 Å². The molecule has 1 aromatic heterocycles. The van der Waals surface area contributed by atoms with Crippen LogP contribution in [0.4, 0.5) is 19.0 Å². The number of hydrazine groups is 1. The number of anilines is 1. The summed E-state index contributed by atoms with van der Waals surface area (Å²) in [6.07, 6.45) is -4.05. The molecule has 1 aromatic rings. The fourth-order valence-electron chi connectivity index (χ4n) is 0.722. The van der Waals surface area contributed by atoms with E-state index in [1.54, 1.807) is 0 Å². The van der Waals surface area contributed by atoms with Crippen LogP contribution in [0.5, 0.6) is 5.88 Å². The van der Waals surface area contributed by atoms with E-state index in [0.29, 0.717) is 0 Å². The molecule has 8 heteroatoms. The molecule has 0 amide bonds. The normalized spacial score (nSPS) is 13.4. The zero-order valence-corrected chi connectivity index (χ0v) is 7.75. The highest BCUT2D eigenvalue weighted by Crippen LogP contribution is 2.23. The molecule has 3 N–H and O–H groups in total. The van der Waals surface area contributed by atoms with E-state index in [4.69, 9.17) is 5.84 Å². The summed E-state index contributed by atoms with van der Waals surface area (Å²) in [6.45, 7) is 0.879. The molecule has 1 heterocycles. The van der Waals surface area contributed by atoms with E-state index in [2.05, 4.69) is 20.1 Å². The van der Waals surface area contributed by atoms with Crippen LogP contribution in [0.2, 0.25) is 0 Å². The summed E-state index contributed by atoms with van der Waals surface area (Å²) in [7, 11) is 0. The van der Waals surface area contributed by atoms with Crippen molar-refractivity contribution in [1.82, 2.24) is 9.97 Å². The van der Waals surface area contributed by atoms with Gasteiger partial charge in [0.15, 0.2) is 11.9 Å². The number of nitrogens with one attached hydrogen (secondary N) is 1. The van der Waals surface area contributed by atoms with Crippen LogP contribution in [0.25, 0.3) is 0 Å². The molecule has 0 radical (unpaired) electrons. The predicted molar refractivity (Wildman–Crippen MR) is 46.0 cm³/mol. The quantitative estimate of drug-likeness (QED) is 0.591. The van der Waals surface area contributed by atoms with Crippen molar-refractivity contribution in [1.29, 1.82) is 0 Å². The first-order valence-electron chi connectivity index (χ1n) is 3.95. The maximum atomic E-state index is 12.1. The maximum absolute atomic E-state index is 12.1. The van der Waals surface area contributed by atoms with Crippen molar-refractivity contribution in [3.8, 4) is 5.88 Å². The Kier molecular flexibility index (Phi) is 3.30. The van der Waals surface area contributed by atoms with Gasteiger partial charge in [-0.1, -0.05) is 0 Å². The van der Waals surface area contributed by atoms with Gasteiger partial charge in [0.1, 0.15) is 0 Å². The molecule has 0 aliphatic rings. The van der Waals surface area contributed by atoms with Crippen molar-refractivity contribution in [3.05, 3.63) is 12.4 Å². The summed E-state index contributed by atoms with van der Waals surface area (Å²) in [6, 6.07) is 0. The van der Waals surface area contributed by atoms with Gasteiger partial charge in [0.25, 0.3) is 0 Å². The Balaban J connectivity index is 2.72. The van der Waals surface area contributed by atoms with Gasteiger partial charge in [0.05, 0.1) is 12.4 Å². The molecule has 0 spiro atoms. The van der Waals surface area contributed by atoms with Crippen molar-refractivity contribution in [2.45, 2.75) is 19.2 Å². The van der Waals surface area contributed by atoms with Gasteiger partial charge in [-0.3, -0.25) is 4.98 Å². The summed E-state index contributed by atoms with van der Waals surface area (Å²) in [5.41, 5.74) is 2.14. The van der Waals surface area contributed by atoms with E-state index < -0.39 is 12.3 Å². The number of halogens is 3. The number of alkyl halides is 3. The Morgan fingerprint density at radius 2 is 2.13 bits per heavy atom. The number of rotatable bonds is 3. The largest absolute Gasteiger partial charge is 0.464 e. The second kappa shape index (κ2) is 4.30. The first-order chi connectivity index (χ1) is 6.93. The highest BCUT2D eigenvalue weighted by molar-refractivity contribution is 5.31. The van der Waals surface area contributed by atoms with Crippen molar-refractivity contribution >= 4 is 5.82 Å². The Morgan fingerprint density at radius 1 is 1.47 bits per heavy atom. The van der Waals surface area contributed by atoms with Gasteiger partial charge in [-0.05, 0) is 6.92 Å². The molecule has 5 nitrogen and oxygen atoms in total. The first kappa shape index (κ1) is 11.5. The van der Waals surface area contributed by atoms with Crippen molar-refractivity contribution < 1.29 is 17.9 Å². The molecule has 0 bridgehead atoms. The minimum absolute atomic E-state index is 0.127. The Morgan fingerprint density at radius 3 is 2.67 bits per heavy atom. The first-order valence-corrected chi connectivity index (χ1v) is 3.95. The molecule has 0 aliphatic carbocycles. The van der Waals surface area contributed by atoms with Crippen LogP contribution >= 0.6 is 0 Å². The molecular weight excluding hydrogens is 213 g/mol. The third kappa shape index (κ3) is 3.24. The van der Waals surface area contributed by atoms with Crippen LogP contribution in [-0.4, -0.2) is 22.2 Å². The van der Waals surface area contributed by atoms with Crippen molar-refractivity contribution in [2.24, 2.45) is 5.84 Å².